The maximum Gasteiger partial charge on any atom is 0.410 e. The van der Waals surface area contributed by atoms with Gasteiger partial charge in [-0.05, 0) is 27.2 Å². The molecular weight excluding hydrogens is 229 g/mol. The summed E-state index contributed by atoms with van der Waals surface area (Å²) in [7, 11) is 0. The number of alkyl halides is 1. The van der Waals surface area contributed by atoms with Gasteiger partial charge in [-0.25, -0.2) is 14.0 Å². The lowest BCUT2D eigenvalue weighted by Crippen LogP contribution is -2.53. The molecule has 1 amide bonds. The summed E-state index contributed by atoms with van der Waals surface area (Å²) in [6, 6.07) is -0.365. The monoisotopic (exact) mass is 247 g/mol. The lowest BCUT2D eigenvalue weighted by Gasteiger charge is -2.41. The second-order valence-electron chi connectivity index (χ2n) is 5.16. The van der Waals surface area contributed by atoms with Crippen LogP contribution in [-0.2, 0) is 9.53 Å². The van der Waals surface area contributed by atoms with Crippen molar-refractivity contribution >= 4 is 12.1 Å². The third-order valence-electron chi connectivity index (χ3n) is 2.52. The Labute approximate surface area is 99.5 Å². The van der Waals surface area contributed by atoms with Gasteiger partial charge in [-0.15, -0.1) is 0 Å². The highest BCUT2D eigenvalue weighted by Gasteiger charge is 2.37. The van der Waals surface area contributed by atoms with E-state index in [-0.39, 0.29) is 12.5 Å². The summed E-state index contributed by atoms with van der Waals surface area (Å²) < 4.78 is 18.1. The van der Waals surface area contributed by atoms with E-state index in [1.807, 2.05) is 0 Å². The van der Waals surface area contributed by atoms with Gasteiger partial charge in [0, 0.05) is 19.0 Å². The second kappa shape index (κ2) is 4.89. The standard InChI is InChI=1S/C11H18FNO4/c1-11(2,3)17-10(16)13-5-4-7(13)6-8(12)9(14)15/h7-8H,4-6H2,1-3H3,(H,14,15). The van der Waals surface area contributed by atoms with E-state index in [1.165, 1.54) is 4.90 Å². The van der Waals surface area contributed by atoms with Gasteiger partial charge >= 0.3 is 12.1 Å². The molecule has 0 aromatic heterocycles. The molecule has 0 aromatic carbocycles. The smallest absolute Gasteiger partial charge is 0.410 e. The van der Waals surface area contributed by atoms with E-state index in [9.17, 15) is 14.0 Å². The highest BCUT2D eigenvalue weighted by molar-refractivity contribution is 5.73. The number of carboxylic acid groups (broad SMARTS) is 1. The molecule has 2 unspecified atom stereocenters. The van der Waals surface area contributed by atoms with Crippen molar-refractivity contribution in [2.24, 2.45) is 0 Å². The third kappa shape index (κ3) is 3.87. The van der Waals surface area contributed by atoms with Crippen molar-refractivity contribution in [3.8, 4) is 0 Å². The summed E-state index contributed by atoms with van der Waals surface area (Å²) in [5.41, 5.74) is -0.598. The Morgan fingerprint density at radius 3 is 2.47 bits per heavy atom. The quantitative estimate of drug-likeness (QED) is 0.825. The average Bonchev–Trinajstić information content (AvgIpc) is 2.08. The fraction of sp³-hybridized carbons (Fsp3) is 0.818. The normalized spacial score (nSPS) is 21.6. The van der Waals surface area contributed by atoms with E-state index >= 15 is 0 Å². The minimum Gasteiger partial charge on any atom is -0.479 e. The van der Waals surface area contributed by atoms with E-state index in [0.29, 0.717) is 13.0 Å². The number of amides is 1. The van der Waals surface area contributed by atoms with Crippen molar-refractivity contribution in [1.29, 1.82) is 0 Å². The molecule has 6 heteroatoms. The third-order valence-corrected chi connectivity index (χ3v) is 2.52. The van der Waals surface area contributed by atoms with Gasteiger partial charge in [-0.1, -0.05) is 0 Å². The van der Waals surface area contributed by atoms with Gasteiger partial charge in [0.05, 0.1) is 0 Å². The number of carboxylic acids is 1. The van der Waals surface area contributed by atoms with Crippen LogP contribution < -0.4 is 0 Å². The summed E-state index contributed by atoms with van der Waals surface area (Å²) in [6.45, 7) is 5.73. The minimum absolute atomic E-state index is 0.172. The lowest BCUT2D eigenvalue weighted by atomic mass is 9.98. The van der Waals surface area contributed by atoms with Crippen molar-refractivity contribution < 1.29 is 23.8 Å². The molecule has 1 heterocycles. The molecule has 0 bridgehead atoms. The molecule has 0 radical (unpaired) electrons. The summed E-state index contributed by atoms with van der Waals surface area (Å²) >= 11 is 0. The summed E-state index contributed by atoms with van der Waals surface area (Å²) in [4.78, 5) is 23.4. The van der Waals surface area contributed by atoms with Gasteiger partial charge in [0.2, 0.25) is 0 Å². The molecule has 17 heavy (non-hydrogen) atoms. The van der Waals surface area contributed by atoms with Gasteiger partial charge in [-0.3, -0.25) is 0 Å². The largest absolute Gasteiger partial charge is 0.479 e. The Morgan fingerprint density at radius 2 is 2.12 bits per heavy atom. The molecule has 1 fully saturated rings. The molecule has 1 rings (SSSR count). The highest BCUT2D eigenvalue weighted by atomic mass is 19.1. The van der Waals surface area contributed by atoms with Crippen molar-refractivity contribution in [3.05, 3.63) is 0 Å². The Kier molecular flexibility index (Phi) is 3.95. The number of halogens is 1. The Morgan fingerprint density at radius 1 is 1.53 bits per heavy atom. The molecule has 0 aromatic rings. The number of likely N-dealkylation sites (tertiary alicyclic amines) is 1. The first-order valence-corrected chi connectivity index (χ1v) is 5.57. The number of ether oxygens (including phenoxy) is 1. The Balaban J connectivity index is 2.46. The zero-order chi connectivity index (χ0) is 13.2. The van der Waals surface area contributed by atoms with Crippen LogP contribution in [0.3, 0.4) is 0 Å². The van der Waals surface area contributed by atoms with Gasteiger partial charge in [0.1, 0.15) is 5.60 Å². The molecule has 0 aliphatic carbocycles. The van der Waals surface area contributed by atoms with Gasteiger partial charge in [-0.2, -0.15) is 0 Å². The number of hydrogen-bond donors (Lipinski definition) is 1. The van der Waals surface area contributed by atoms with Crippen molar-refractivity contribution in [2.45, 2.75) is 51.4 Å². The predicted molar refractivity (Wildman–Crippen MR) is 58.5 cm³/mol. The molecular formula is C11H18FNO4. The lowest BCUT2D eigenvalue weighted by molar-refractivity contribution is -0.144. The van der Waals surface area contributed by atoms with Gasteiger partial charge < -0.3 is 14.7 Å². The van der Waals surface area contributed by atoms with Crippen LogP contribution in [0.4, 0.5) is 9.18 Å². The number of hydrogen-bond acceptors (Lipinski definition) is 3. The summed E-state index contributed by atoms with van der Waals surface area (Å²) in [6.07, 6.45) is -1.99. The number of carbonyl (C=O) groups is 2. The Bertz CT molecular complexity index is 313. The van der Waals surface area contributed by atoms with E-state index in [1.54, 1.807) is 20.8 Å². The van der Waals surface area contributed by atoms with Crippen LogP contribution in [-0.4, -0.2) is 46.4 Å². The molecule has 2 atom stereocenters. The Hall–Kier alpha value is -1.33. The van der Waals surface area contributed by atoms with Crippen LogP contribution >= 0.6 is 0 Å². The molecule has 1 N–H and O–H groups in total. The summed E-state index contributed by atoms with van der Waals surface area (Å²) in [5.74, 6) is -1.49. The molecule has 5 nitrogen and oxygen atoms in total. The summed E-state index contributed by atoms with van der Waals surface area (Å²) in [5, 5.41) is 8.45. The maximum atomic E-state index is 13.0. The fourth-order valence-electron chi connectivity index (χ4n) is 1.59. The van der Waals surface area contributed by atoms with Crippen LogP contribution in [0.1, 0.15) is 33.6 Å². The number of rotatable bonds is 3. The second-order valence-corrected chi connectivity index (χ2v) is 5.16. The maximum absolute atomic E-state index is 13.0. The number of aliphatic carboxylic acids is 1. The number of carbonyl (C=O) groups excluding carboxylic acids is 1. The first-order chi connectivity index (χ1) is 7.70. The SMILES string of the molecule is CC(C)(C)OC(=O)N1CCC1CC(F)C(=O)O. The van der Waals surface area contributed by atoms with Crippen molar-refractivity contribution in [2.75, 3.05) is 6.54 Å². The minimum atomic E-state index is -1.93. The van der Waals surface area contributed by atoms with Crippen LogP contribution in [0.15, 0.2) is 0 Å². The van der Waals surface area contributed by atoms with Gasteiger partial charge in [0.15, 0.2) is 6.17 Å². The van der Waals surface area contributed by atoms with Crippen molar-refractivity contribution in [1.82, 2.24) is 4.90 Å². The van der Waals surface area contributed by atoms with Gasteiger partial charge in [0.25, 0.3) is 0 Å². The van der Waals surface area contributed by atoms with Crippen LogP contribution in [0.25, 0.3) is 0 Å². The molecule has 1 aliphatic heterocycles. The highest BCUT2D eigenvalue weighted by Crippen LogP contribution is 2.25. The molecule has 98 valence electrons. The van der Waals surface area contributed by atoms with Crippen LogP contribution in [0.2, 0.25) is 0 Å². The number of nitrogens with zero attached hydrogens (tertiary/aromatic N) is 1. The molecule has 0 saturated carbocycles. The van der Waals surface area contributed by atoms with Crippen LogP contribution in [0, 0.1) is 0 Å². The van der Waals surface area contributed by atoms with E-state index < -0.39 is 23.8 Å². The van der Waals surface area contributed by atoms with Crippen LogP contribution in [0.5, 0.6) is 0 Å². The molecule has 1 saturated heterocycles. The van der Waals surface area contributed by atoms with E-state index in [4.69, 9.17) is 9.84 Å². The molecule has 1 aliphatic rings. The zero-order valence-corrected chi connectivity index (χ0v) is 10.3. The first kappa shape index (κ1) is 13.7. The van der Waals surface area contributed by atoms with E-state index in [2.05, 4.69) is 0 Å². The van der Waals surface area contributed by atoms with E-state index in [0.717, 1.165) is 0 Å². The average molecular weight is 247 g/mol. The zero-order valence-electron chi connectivity index (χ0n) is 10.3. The first-order valence-electron chi connectivity index (χ1n) is 5.57. The predicted octanol–water partition coefficient (Wildman–Crippen LogP) is 1.81. The molecule has 0 spiro atoms. The topological polar surface area (TPSA) is 66.8 Å². The van der Waals surface area contributed by atoms with Crippen molar-refractivity contribution in [3.63, 3.8) is 0 Å². The fourth-order valence-corrected chi connectivity index (χ4v) is 1.59.